The predicted octanol–water partition coefficient (Wildman–Crippen LogP) is 5.55. The molecule has 0 saturated carbocycles. The van der Waals surface area contributed by atoms with Gasteiger partial charge in [0.15, 0.2) is 0 Å². The maximum atomic E-state index is 6.76. The van der Waals surface area contributed by atoms with E-state index in [1.165, 1.54) is 21.2 Å². The summed E-state index contributed by atoms with van der Waals surface area (Å²) >= 11 is 8.52. The summed E-state index contributed by atoms with van der Waals surface area (Å²) in [6.45, 7) is 0.825. The van der Waals surface area contributed by atoms with Crippen LogP contribution in [0.3, 0.4) is 0 Å². The lowest BCUT2D eigenvalue weighted by atomic mass is 9.98. The number of ether oxygens (including phenoxy) is 1. The van der Waals surface area contributed by atoms with Gasteiger partial charge in [0.05, 0.1) is 12.0 Å². The Balaban J connectivity index is 1.75. The van der Waals surface area contributed by atoms with E-state index in [9.17, 15) is 0 Å². The molecule has 0 aliphatic carbocycles. The molecule has 1 atom stereocenters. The van der Waals surface area contributed by atoms with Crippen LogP contribution in [0, 0.1) is 0 Å². The normalized spacial score (nSPS) is 15.5. The summed E-state index contributed by atoms with van der Waals surface area (Å²) in [7, 11) is 0. The smallest absolute Gasteiger partial charge is 0.122 e. The number of alkyl halides is 1. The quantitative estimate of drug-likeness (QED) is 0.563. The summed E-state index contributed by atoms with van der Waals surface area (Å²) in [4.78, 5) is 0. The standard InChI is InChI=1S/C18H15ClOS/c19-18(15-11-21-17-6-2-1-5-14(15)17)13-7-8-16-12(10-13)4-3-9-20-16/h1-2,5-8,10-11,18H,3-4,9H2. The SMILES string of the molecule is ClC(c1ccc2c(c1)CCCO2)c1csc2ccccc12. The van der Waals surface area contributed by atoms with Gasteiger partial charge in [0.25, 0.3) is 0 Å². The molecule has 1 aromatic heterocycles. The molecule has 2 heterocycles. The van der Waals surface area contributed by atoms with E-state index >= 15 is 0 Å². The lowest BCUT2D eigenvalue weighted by Gasteiger charge is -2.19. The lowest BCUT2D eigenvalue weighted by molar-refractivity contribution is 0.288. The van der Waals surface area contributed by atoms with Crippen LogP contribution in [-0.4, -0.2) is 6.61 Å². The fourth-order valence-corrected chi connectivity index (χ4v) is 4.29. The highest BCUT2D eigenvalue weighted by Gasteiger charge is 2.18. The zero-order valence-electron chi connectivity index (χ0n) is 11.5. The Labute approximate surface area is 133 Å². The van der Waals surface area contributed by atoms with Crippen molar-refractivity contribution in [3.63, 3.8) is 0 Å². The molecule has 0 radical (unpaired) electrons. The van der Waals surface area contributed by atoms with Gasteiger partial charge in [0.2, 0.25) is 0 Å². The highest BCUT2D eigenvalue weighted by Crippen LogP contribution is 2.39. The van der Waals surface area contributed by atoms with E-state index in [4.69, 9.17) is 16.3 Å². The Morgan fingerprint density at radius 3 is 3.00 bits per heavy atom. The predicted molar refractivity (Wildman–Crippen MR) is 89.8 cm³/mol. The minimum absolute atomic E-state index is 0.103. The van der Waals surface area contributed by atoms with Gasteiger partial charge >= 0.3 is 0 Å². The van der Waals surface area contributed by atoms with Gasteiger partial charge in [-0.2, -0.15) is 0 Å². The van der Waals surface area contributed by atoms with Crippen LogP contribution in [0.1, 0.15) is 28.5 Å². The monoisotopic (exact) mass is 314 g/mol. The number of fused-ring (bicyclic) bond motifs is 2. The van der Waals surface area contributed by atoms with E-state index in [2.05, 4.69) is 47.8 Å². The molecule has 0 fully saturated rings. The van der Waals surface area contributed by atoms with E-state index in [0.717, 1.165) is 30.8 Å². The average molecular weight is 315 g/mol. The molecule has 0 spiro atoms. The Morgan fingerprint density at radius 1 is 1.14 bits per heavy atom. The van der Waals surface area contributed by atoms with Crippen LogP contribution in [-0.2, 0) is 6.42 Å². The summed E-state index contributed by atoms with van der Waals surface area (Å²) in [6.07, 6.45) is 2.17. The number of hydrogen-bond donors (Lipinski definition) is 0. The first-order valence-corrected chi connectivity index (χ1v) is 8.50. The fraction of sp³-hybridized carbons (Fsp3) is 0.222. The molecule has 1 aliphatic heterocycles. The topological polar surface area (TPSA) is 9.23 Å². The van der Waals surface area contributed by atoms with Crippen LogP contribution < -0.4 is 4.74 Å². The summed E-state index contributed by atoms with van der Waals surface area (Å²) in [5, 5.41) is 3.34. The molecule has 1 unspecified atom stereocenters. The molecule has 3 heteroatoms. The lowest BCUT2D eigenvalue weighted by Crippen LogP contribution is -2.08. The van der Waals surface area contributed by atoms with Crippen LogP contribution in [0.4, 0.5) is 0 Å². The third kappa shape index (κ3) is 2.33. The van der Waals surface area contributed by atoms with Crippen molar-refractivity contribution in [3.05, 3.63) is 64.5 Å². The number of rotatable bonds is 2. The van der Waals surface area contributed by atoms with Crippen molar-refractivity contribution in [3.8, 4) is 5.75 Å². The van der Waals surface area contributed by atoms with Crippen molar-refractivity contribution in [2.75, 3.05) is 6.61 Å². The molecule has 0 saturated heterocycles. The molecule has 106 valence electrons. The summed E-state index contributed by atoms with van der Waals surface area (Å²) in [5.41, 5.74) is 3.64. The second-order valence-corrected chi connectivity index (χ2v) is 6.72. The van der Waals surface area contributed by atoms with Crippen molar-refractivity contribution in [1.82, 2.24) is 0 Å². The fourth-order valence-electron chi connectivity index (χ4n) is 2.91. The maximum absolute atomic E-state index is 6.76. The van der Waals surface area contributed by atoms with Gasteiger partial charge in [-0.15, -0.1) is 22.9 Å². The van der Waals surface area contributed by atoms with Crippen LogP contribution >= 0.6 is 22.9 Å². The van der Waals surface area contributed by atoms with Gasteiger partial charge in [-0.05, 0) is 52.4 Å². The highest BCUT2D eigenvalue weighted by atomic mass is 35.5. The van der Waals surface area contributed by atoms with Crippen LogP contribution in [0.15, 0.2) is 47.8 Å². The number of thiophene rings is 1. The molecule has 0 amide bonds. The van der Waals surface area contributed by atoms with Gasteiger partial charge in [-0.1, -0.05) is 30.3 Å². The first-order chi connectivity index (χ1) is 10.3. The van der Waals surface area contributed by atoms with Gasteiger partial charge in [0, 0.05) is 4.70 Å². The molecule has 0 bridgehead atoms. The van der Waals surface area contributed by atoms with E-state index in [1.54, 1.807) is 11.3 Å². The van der Waals surface area contributed by atoms with Crippen molar-refractivity contribution >= 4 is 33.0 Å². The third-order valence-corrected chi connectivity index (χ3v) is 5.48. The molecule has 2 aromatic carbocycles. The molecule has 3 aromatic rings. The Hall–Kier alpha value is -1.51. The molecule has 1 aliphatic rings. The second-order valence-electron chi connectivity index (χ2n) is 5.37. The van der Waals surface area contributed by atoms with Crippen LogP contribution in [0.2, 0.25) is 0 Å². The molecule has 0 N–H and O–H groups in total. The first-order valence-electron chi connectivity index (χ1n) is 7.19. The summed E-state index contributed by atoms with van der Waals surface area (Å²) < 4.78 is 6.97. The zero-order valence-corrected chi connectivity index (χ0v) is 13.1. The maximum Gasteiger partial charge on any atom is 0.122 e. The first kappa shape index (κ1) is 13.2. The molecule has 21 heavy (non-hydrogen) atoms. The van der Waals surface area contributed by atoms with Crippen molar-refractivity contribution in [2.45, 2.75) is 18.2 Å². The van der Waals surface area contributed by atoms with Gasteiger partial charge in [0.1, 0.15) is 5.75 Å². The minimum Gasteiger partial charge on any atom is -0.493 e. The van der Waals surface area contributed by atoms with E-state index < -0.39 is 0 Å². The summed E-state index contributed by atoms with van der Waals surface area (Å²) in [5.74, 6) is 1.02. The average Bonchev–Trinajstić information content (AvgIpc) is 2.98. The Bertz CT molecular complexity index is 793. The van der Waals surface area contributed by atoms with E-state index in [-0.39, 0.29) is 5.38 Å². The van der Waals surface area contributed by atoms with Crippen molar-refractivity contribution in [2.24, 2.45) is 0 Å². The van der Waals surface area contributed by atoms with E-state index in [1.807, 2.05) is 0 Å². The van der Waals surface area contributed by atoms with Gasteiger partial charge in [-0.25, -0.2) is 0 Å². The van der Waals surface area contributed by atoms with Crippen LogP contribution in [0.5, 0.6) is 5.75 Å². The number of benzene rings is 2. The molecular formula is C18H15ClOS. The Morgan fingerprint density at radius 2 is 2.05 bits per heavy atom. The van der Waals surface area contributed by atoms with Crippen LogP contribution in [0.25, 0.3) is 10.1 Å². The highest BCUT2D eigenvalue weighted by molar-refractivity contribution is 7.17. The number of aryl methyl sites for hydroxylation is 1. The Kier molecular flexibility index (Phi) is 3.36. The molecule has 4 rings (SSSR count). The van der Waals surface area contributed by atoms with E-state index in [0.29, 0.717) is 0 Å². The number of halogens is 1. The second kappa shape index (κ2) is 5.36. The molecular weight excluding hydrogens is 300 g/mol. The zero-order chi connectivity index (χ0) is 14.2. The van der Waals surface area contributed by atoms with Crippen molar-refractivity contribution < 1.29 is 4.74 Å². The largest absolute Gasteiger partial charge is 0.493 e. The minimum atomic E-state index is -0.103. The van der Waals surface area contributed by atoms with Crippen molar-refractivity contribution in [1.29, 1.82) is 0 Å². The number of hydrogen-bond acceptors (Lipinski definition) is 2. The third-order valence-electron chi connectivity index (χ3n) is 4.01. The van der Waals surface area contributed by atoms with Gasteiger partial charge in [-0.3, -0.25) is 0 Å². The summed E-state index contributed by atoms with van der Waals surface area (Å²) in [6, 6.07) is 14.8. The molecule has 1 nitrogen and oxygen atoms in total. The van der Waals surface area contributed by atoms with Gasteiger partial charge < -0.3 is 4.74 Å².